The van der Waals surface area contributed by atoms with Crippen LogP contribution in [-0.2, 0) is 24.2 Å². The third-order valence-electron chi connectivity index (χ3n) is 4.45. The van der Waals surface area contributed by atoms with Crippen LogP contribution in [0.4, 0.5) is 9.18 Å². The monoisotopic (exact) mass is 362 g/mol. The molecule has 0 fully saturated rings. The highest BCUT2D eigenvalue weighted by molar-refractivity contribution is 5.73. The van der Waals surface area contributed by atoms with Crippen molar-refractivity contribution in [2.24, 2.45) is 0 Å². The molecule has 0 aliphatic carbocycles. The Labute approximate surface area is 153 Å². The number of likely N-dealkylation sites (N-methyl/N-ethyl adjacent to an activating group) is 1. The van der Waals surface area contributed by atoms with E-state index in [-0.39, 0.29) is 11.8 Å². The number of hydrogen-bond acceptors (Lipinski definition) is 3. The molecule has 0 bridgehead atoms. The zero-order valence-corrected chi connectivity index (χ0v) is 15.9. The number of nitrogens with one attached hydrogen (secondary N) is 1. The molecule has 0 saturated heterocycles. The van der Waals surface area contributed by atoms with Crippen molar-refractivity contribution in [3.05, 3.63) is 52.6 Å². The summed E-state index contributed by atoms with van der Waals surface area (Å²) in [5, 5.41) is 7.43. The molecule has 26 heavy (non-hydrogen) atoms. The molecule has 0 aliphatic rings. The fourth-order valence-electron chi connectivity index (χ4n) is 2.73. The lowest BCUT2D eigenvalue weighted by Gasteiger charge is -2.18. The molecule has 1 aromatic carbocycles. The van der Waals surface area contributed by atoms with E-state index in [4.69, 9.17) is 4.74 Å². The molecule has 0 atom stereocenters. The molecule has 142 valence electrons. The Morgan fingerprint density at radius 3 is 2.65 bits per heavy atom. The predicted octanol–water partition coefficient (Wildman–Crippen LogP) is 2.67. The van der Waals surface area contributed by atoms with Crippen LogP contribution >= 0.6 is 0 Å². The first-order valence-electron chi connectivity index (χ1n) is 8.67. The van der Waals surface area contributed by atoms with Gasteiger partial charge in [-0.2, -0.15) is 5.10 Å². The molecule has 1 N–H and O–H groups in total. The lowest BCUT2D eigenvalue weighted by Crippen LogP contribution is -2.38. The van der Waals surface area contributed by atoms with Crippen molar-refractivity contribution in [3.63, 3.8) is 0 Å². The normalized spacial score (nSPS) is 10.8. The minimum Gasteiger partial charge on any atom is -0.383 e. The van der Waals surface area contributed by atoms with Gasteiger partial charge in [-0.3, -0.25) is 4.68 Å². The van der Waals surface area contributed by atoms with E-state index in [0.29, 0.717) is 32.7 Å². The number of hydrogen-bond donors (Lipinski definition) is 1. The number of carbonyl (C=O) groups is 1. The second-order valence-corrected chi connectivity index (χ2v) is 6.32. The van der Waals surface area contributed by atoms with Gasteiger partial charge in [0.2, 0.25) is 0 Å². The number of amides is 2. The van der Waals surface area contributed by atoms with Crippen molar-refractivity contribution in [1.82, 2.24) is 20.0 Å². The third-order valence-corrected chi connectivity index (χ3v) is 4.45. The molecule has 0 aliphatic heterocycles. The number of urea groups is 1. The summed E-state index contributed by atoms with van der Waals surface area (Å²) in [5.74, 6) is -0.253. The van der Waals surface area contributed by atoms with Crippen molar-refractivity contribution in [3.8, 4) is 0 Å². The molecule has 0 saturated carbocycles. The average Bonchev–Trinajstić information content (AvgIpc) is 2.90. The predicted molar refractivity (Wildman–Crippen MR) is 98.5 cm³/mol. The van der Waals surface area contributed by atoms with E-state index in [2.05, 4.69) is 10.4 Å². The van der Waals surface area contributed by atoms with Crippen molar-refractivity contribution in [2.75, 3.05) is 27.3 Å². The molecule has 7 heteroatoms. The van der Waals surface area contributed by atoms with Crippen molar-refractivity contribution >= 4 is 6.03 Å². The van der Waals surface area contributed by atoms with Gasteiger partial charge in [0.05, 0.1) is 18.8 Å². The first kappa shape index (κ1) is 19.9. The second kappa shape index (κ2) is 9.33. The summed E-state index contributed by atoms with van der Waals surface area (Å²) in [7, 11) is 3.41. The maximum absolute atomic E-state index is 12.9. The van der Waals surface area contributed by atoms with Gasteiger partial charge < -0.3 is 15.0 Å². The molecule has 2 aromatic rings. The average molecular weight is 362 g/mol. The summed E-state index contributed by atoms with van der Waals surface area (Å²) < 4.78 is 19.9. The standard InChI is InChI=1S/C19H27FN4O2/c1-14-18(15(2)24(22-14)11-12-26-4)13-21-19(25)23(3)10-9-16-5-7-17(20)8-6-16/h5-8H,9-13H2,1-4H3,(H,21,25). The number of rotatable bonds is 8. The fourth-order valence-corrected chi connectivity index (χ4v) is 2.73. The Morgan fingerprint density at radius 2 is 2.00 bits per heavy atom. The SMILES string of the molecule is COCCn1nc(C)c(CNC(=O)N(C)CCc2ccc(F)cc2)c1C. The van der Waals surface area contributed by atoms with Crippen LogP contribution in [0.15, 0.2) is 24.3 Å². The van der Waals surface area contributed by atoms with Gasteiger partial charge in [0.25, 0.3) is 0 Å². The van der Waals surface area contributed by atoms with Crippen molar-refractivity contribution in [2.45, 2.75) is 33.4 Å². The molecular weight excluding hydrogens is 335 g/mol. The number of aryl methyl sites for hydroxylation is 1. The number of methoxy groups -OCH3 is 1. The second-order valence-electron chi connectivity index (χ2n) is 6.32. The molecule has 6 nitrogen and oxygen atoms in total. The minimum atomic E-state index is -0.253. The Morgan fingerprint density at radius 1 is 1.31 bits per heavy atom. The van der Waals surface area contributed by atoms with Gasteiger partial charge >= 0.3 is 6.03 Å². The molecule has 1 aromatic heterocycles. The van der Waals surface area contributed by atoms with Crippen LogP contribution in [0.3, 0.4) is 0 Å². The summed E-state index contributed by atoms with van der Waals surface area (Å²) in [6.07, 6.45) is 0.678. The number of carbonyl (C=O) groups excluding carboxylic acids is 1. The number of nitrogens with zero attached hydrogens (tertiary/aromatic N) is 3. The first-order chi connectivity index (χ1) is 12.4. The van der Waals surface area contributed by atoms with Gasteiger partial charge in [-0.1, -0.05) is 12.1 Å². The van der Waals surface area contributed by atoms with Crippen LogP contribution < -0.4 is 5.32 Å². The van der Waals surface area contributed by atoms with Gasteiger partial charge in [-0.25, -0.2) is 9.18 Å². The van der Waals surface area contributed by atoms with Crippen LogP contribution in [0, 0.1) is 19.7 Å². The lowest BCUT2D eigenvalue weighted by atomic mass is 10.1. The summed E-state index contributed by atoms with van der Waals surface area (Å²) in [4.78, 5) is 13.9. The highest BCUT2D eigenvalue weighted by Gasteiger charge is 2.14. The maximum Gasteiger partial charge on any atom is 0.317 e. The number of ether oxygens (including phenoxy) is 1. The zero-order valence-electron chi connectivity index (χ0n) is 15.9. The van der Waals surface area contributed by atoms with E-state index < -0.39 is 0 Å². The van der Waals surface area contributed by atoms with E-state index in [1.807, 2.05) is 18.5 Å². The molecular formula is C19H27FN4O2. The Hall–Kier alpha value is -2.41. The lowest BCUT2D eigenvalue weighted by molar-refractivity contribution is 0.182. The van der Waals surface area contributed by atoms with Gasteiger partial charge in [-0.15, -0.1) is 0 Å². The topological polar surface area (TPSA) is 59.4 Å². The molecule has 0 spiro atoms. The van der Waals surface area contributed by atoms with E-state index in [0.717, 1.165) is 22.5 Å². The van der Waals surface area contributed by atoms with Crippen molar-refractivity contribution < 1.29 is 13.9 Å². The summed E-state index contributed by atoms with van der Waals surface area (Å²) in [5.41, 5.74) is 3.97. The molecule has 2 amide bonds. The van der Waals surface area contributed by atoms with Gasteiger partial charge in [0, 0.05) is 38.5 Å². The van der Waals surface area contributed by atoms with E-state index in [1.54, 1.807) is 31.2 Å². The number of aromatic nitrogens is 2. The van der Waals surface area contributed by atoms with Crippen LogP contribution in [-0.4, -0.2) is 48.0 Å². The summed E-state index contributed by atoms with van der Waals surface area (Å²) in [6, 6.07) is 6.20. The molecule has 0 radical (unpaired) electrons. The highest BCUT2D eigenvalue weighted by atomic mass is 19.1. The minimum absolute atomic E-state index is 0.143. The van der Waals surface area contributed by atoms with E-state index >= 15 is 0 Å². The Bertz CT molecular complexity index is 728. The smallest absolute Gasteiger partial charge is 0.317 e. The van der Waals surface area contributed by atoms with E-state index in [1.165, 1.54) is 12.1 Å². The van der Waals surface area contributed by atoms with Crippen LogP contribution in [0.25, 0.3) is 0 Å². The number of benzene rings is 1. The van der Waals surface area contributed by atoms with Crippen LogP contribution in [0.2, 0.25) is 0 Å². The van der Waals surface area contributed by atoms with Crippen LogP contribution in [0.5, 0.6) is 0 Å². The largest absolute Gasteiger partial charge is 0.383 e. The number of halogens is 1. The highest BCUT2D eigenvalue weighted by Crippen LogP contribution is 2.13. The molecule has 0 unspecified atom stereocenters. The van der Waals surface area contributed by atoms with E-state index in [9.17, 15) is 9.18 Å². The Kier molecular flexibility index (Phi) is 7.15. The Balaban J connectivity index is 1.85. The summed E-state index contributed by atoms with van der Waals surface area (Å²) in [6.45, 7) is 6.22. The molecule has 1 heterocycles. The quantitative estimate of drug-likeness (QED) is 0.785. The van der Waals surface area contributed by atoms with Gasteiger partial charge in [0.15, 0.2) is 0 Å². The fraction of sp³-hybridized carbons (Fsp3) is 0.474. The molecule has 2 rings (SSSR count). The third kappa shape index (κ3) is 5.29. The van der Waals surface area contributed by atoms with Gasteiger partial charge in [-0.05, 0) is 38.0 Å². The zero-order chi connectivity index (χ0) is 19.1. The first-order valence-corrected chi connectivity index (χ1v) is 8.67. The van der Waals surface area contributed by atoms with Gasteiger partial charge in [0.1, 0.15) is 5.82 Å². The van der Waals surface area contributed by atoms with Crippen LogP contribution in [0.1, 0.15) is 22.5 Å². The maximum atomic E-state index is 12.9. The summed E-state index contributed by atoms with van der Waals surface area (Å²) >= 11 is 0. The van der Waals surface area contributed by atoms with Crippen molar-refractivity contribution in [1.29, 1.82) is 0 Å².